The van der Waals surface area contributed by atoms with Crippen LogP contribution in [-0.2, 0) is 38.5 Å². The maximum absolute atomic E-state index is 6.49. The van der Waals surface area contributed by atoms with E-state index in [2.05, 4.69) is 169 Å². The van der Waals surface area contributed by atoms with Gasteiger partial charge >= 0.3 is 348 Å². The van der Waals surface area contributed by atoms with Crippen LogP contribution in [0, 0.1) is 0 Å². The van der Waals surface area contributed by atoms with Gasteiger partial charge in [0, 0.05) is 0 Å². The predicted octanol–water partition coefficient (Wildman–Crippen LogP) is 8.93. The summed E-state index contributed by atoms with van der Waals surface area (Å²) in [6, 6.07) is 49.7. The quantitative estimate of drug-likeness (QED) is 0.150. The van der Waals surface area contributed by atoms with Gasteiger partial charge in [-0.1, -0.05) is 0 Å². The second-order valence-corrected chi connectivity index (χ2v) is 24.5. The molecule has 0 heterocycles. The number of halogens is 4. The summed E-state index contributed by atoms with van der Waals surface area (Å²) in [4.78, 5) is 0. The van der Waals surface area contributed by atoms with Crippen molar-refractivity contribution in [2.24, 2.45) is 0 Å². The van der Waals surface area contributed by atoms with Crippen molar-refractivity contribution in [2.45, 2.75) is 68.8 Å². The Balaban J connectivity index is 0.00000275. The Kier molecular flexibility index (Phi) is 13.3. The zero-order valence-corrected chi connectivity index (χ0v) is 38.9. The Bertz CT molecular complexity index is 2370. The fourth-order valence-corrected chi connectivity index (χ4v) is 18.0. The number of benzene rings is 6. The van der Waals surface area contributed by atoms with Gasteiger partial charge in [-0.3, -0.25) is 0 Å². The van der Waals surface area contributed by atoms with Crippen molar-refractivity contribution in [3.8, 4) is 33.4 Å². The van der Waals surface area contributed by atoms with Crippen molar-refractivity contribution in [3.63, 3.8) is 0 Å². The molecule has 0 nitrogen and oxygen atoms in total. The van der Waals surface area contributed by atoms with Crippen LogP contribution in [0.2, 0.25) is 10.0 Å². The molecule has 288 valence electrons. The van der Waals surface area contributed by atoms with Gasteiger partial charge < -0.3 is 24.8 Å². The van der Waals surface area contributed by atoms with E-state index < -0.39 is 21.3 Å². The molecule has 2 aliphatic carbocycles. The molecule has 6 aromatic carbocycles. The van der Waals surface area contributed by atoms with E-state index in [4.69, 9.17) is 23.2 Å². The fourth-order valence-electron chi connectivity index (χ4n) is 8.63. The Morgan fingerprint density at radius 2 is 1.04 bits per heavy atom. The van der Waals surface area contributed by atoms with Crippen molar-refractivity contribution >= 4 is 26.4 Å². The van der Waals surface area contributed by atoms with Crippen LogP contribution in [0.1, 0.15) is 85.0 Å². The van der Waals surface area contributed by atoms with E-state index in [0.29, 0.717) is 0 Å². The summed E-state index contributed by atoms with van der Waals surface area (Å²) in [6.45, 7) is 14.1. The van der Waals surface area contributed by atoms with E-state index >= 15 is 0 Å². The minimum Gasteiger partial charge on any atom is -1.00 e. The Morgan fingerprint density at radius 3 is 1.46 bits per heavy atom. The second kappa shape index (κ2) is 17.5. The maximum atomic E-state index is 6.49. The van der Waals surface area contributed by atoms with Crippen LogP contribution in [0.25, 0.3) is 33.4 Å². The molecule has 0 fully saturated rings. The molecule has 0 aromatic heterocycles. The van der Waals surface area contributed by atoms with Gasteiger partial charge in [0.2, 0.25) is 0 Å². The summed E-state index contributed by atoms with van der Waals surface area (Å²) in [5, 5.41) is 1.52. The predicted molar refractivity (Wildman–Crippen MR) is 235 cm³/mol. The van der Waals surface area contributed by atoms with Gasteiger partial charge in [-0.15, -0.1) is 0 Å². The van der Waals surface area contributed by atoms with E-state index in [1.54, 1.807) is 6.49 Å². The summed E-state index contributed by atoms with van der Waals surface area (Å²) >= 11 is 10.1. The number of allylic oxidation sites excluding steroid dienone is 4. The van der Waals surface area contributed by atoms with Gasteiger partial charge in [0.05, 0.1) is 0 Å². The molecule has 0 radical (unpaired) electrons. The topological polar surface area (TPSA) is 0 Å². The molecular weight excluding hydrogens is 858 g/mol. The SMILES string of the molecule is CC(C)(C)c1cc2c(cc1-c1ccc(Cl)cc1)[CH](/[Zr+2]([C]1=CC=CC1)=[C](\Cc1ccccc1)c1ccccc1)c1cc(-c3ccc(Cl)cc3)c(C(C)(C)C)cc1-2.[Cl-].[Cl-]. The van der Waals surface area contributed by atoms with Gasteiger partial charge in [0.1, 0.15) is 0 Å². The molecule has 2 aliphatic rings. The van der Waals surface area contributed by atoms with Crippen molar-refractivity contribution in [3.05, 3.63) is 198 Å². The van der Waals surface area contributed by atoms with E-state index in [-0.39, 0.29) is 39.3 Å². The molecule has 0 saturated carbocycles. The minimum absolute atomic E-state index is 0. The molecule has 0 amide bonds. The van der Waals surface area contributed by atoms with Crippen LogP contribution in [0.5, 0.6) is 0 Å². The normalized spacial score (nSPS) is 13.6. The Morgan fingerprint density at radius 1 is 0.579 bits per heavy atom. The molecule has 0 saturated heterocycles. The molecule has 0 unspecified atom stereocenters. The van der Waals surface area contributed by atoms with E-state index in [0.717, 1.165) is 22.9 Å². The summed E-state index contributed by atoms with van der Waals surface area (Å²) in [6.07, 6.45) is 9.14. The maximum Gasteiger partial charge on any atom is -1.00 e. The van der Waals surface area contributed by atoms with Gasteiger partial charge in [-0.25, -0.2) is 0 Å². The molecule has 0 N–H and O–H groups in total. The molecule has 5 heteroatoms. The first kappa shape index (κ1) is 43.3. The first-order chi connectivity index (χ1) is 26.4. The van der Waals surface area contributed by atoms with Crippen LogP contribution >= 0.6 is 23.2 Å². The van der Waals surface area contributed by atoms with Crippen LogP contribution in [0.15, 0.2) is 155 Å². The van der Waals surface area contributed by atoms with E-state index in [1.165, 1.54) is 66.8 Å². The van der Waals surface area contributed by atoms with Gasteiger partial charge in [0.25, 0.3) is 0 Å². The summed E-state index contributed by atoms with van der Waals surface area (Å²) in [7, 11) is 0. The van der Waals surface area contributed by atoms with Crippen molar-refractivity contribution in [2.75, 3.05) is 0 Å². The standard InChI is InChI=1S/C33H31Cl2.C14H12.C5H5.2ClH.Zr/c1-32(2,3)30-18-26-22(16-28(30)20-7-11-24(34)12-8-20)15-23-17-29(21-9-13-25(35)14-10-21)31(19-27(23)26)33(4,5)6;1-3-7-13(8-4-1)11-12-14-9-5-2-6-10-14;1-2-4-5-3-1;;;/h7-19H,1-6H3;1-10H,11H2;1-3H,4H2;2*1H;/q;;;;;+2/p-2. The number of hydrogen-bond donors (Lipinski definition) is 0. The van der Waals surface area contributed by atoms with Crippen molar-refractivity contribution in [1.29, 1.82) is 0 Å². The number of fused-ring (bicyclic) bond motifs is 3. The molecule has 0 atom stereocenters. The first-order valence-corrected chi connectivity index (χ1v) is 24.1. The molecule has 57 heavy (non-hydrogen) atoms. The first-order valence-electron chi connectivity index (χ1n) is 19.4. The van der Waals surface area contributed by atoms with Crippen LogP contribution in [0.3, 0.4) is 0 Å². The van der Waals surface area contributed by atoms with Crippen LogP contribution in [-0.4, -0.2) is 3.21 Å². The number of rotatable bonds is 7. The van der Waals surface area contributed by atoms with Gasteiger partial charge in [-0.2, -0.15) is 0 Å². The average molecular weight is 906 g/mol. The molecule has 0 bridgehead atoms. The van der Waals surface area contributed by atoms with Gasteiger partial charge in [-0.05, 0) is 0 Å². The smallest absolute Gasteiger partial charge is 1.00 e. The summed E-state index contributed by atoms with van der Waals surface area (Å²) in [5.41, 5.74) is 16.1. The zero-order valence-electron chi connectivity index (χ0n) is 33.4. The molecule has 6 aromatic rings. The number of hydrogen-bond acceptors (Lipinski definition) is 0. The van der Waals surface area contributed by atoms with Crippen LogP contribution in [0.4, 0.5) is 0 Å². The minimum atomic E-state index is -2.90. The molecule has 8 rings (SSSR count). The summed E-state index contributed by atoms with van der Waals surface area (Å²) in [5.74, 6) is 0. The van der Waals surface area contributed by atoms with Gasteiger partial charge in [0.15, 0.2) is 0 Å². The van der Waals surface area contributed by atoms with E-state index in [1.807, 2.05) is 24.3 Å². The molecule has 0 spiro atoms. The molecular formula is C52H48Cl4Zr. The monoisotopic (exact) mass is 902 g/mol. The Hall–Kier alpha value is -3.29. The average Bonchev–Trinajstić information content (AvgIpc) is 3.81. The van der Waals surface area contributed by atoms with Crippen LogP contribution < -0.4 is 24.8 Å². The third-order valence-corrected chi connectivity index (χ3v) is 20.1. The van der Waals surface area contributed by atoms with Crippen molar-refractivity contribution < 1.29 is 46.1 Å². The Labute approximate surface area is 370 Å². The third kappa shape index (κ3) is 8.86. The molecule has 0 aliphatic heterocycles. The zero-order chi connectivity index (χ0) is 38.5. The second-order valence-electron chi connectivity index (χ2n) is 17.2. The third-order valence-electron chi connectivity index (χ3n) is 11.3. The van der Waals surface area contributed by atoms with E-state index in [9.17, 15) is 0 Å². The van der Waals surface area contributed by atoms with Crippen molar-refractivity contribution in [1.82, 2.24) is 0 Å². The largest absolute Gasteiger partial charge is 1.00 e. The summed E-state index contributed by atoms with van der Waals surface area (Å²) < 4.78 is 3.58. The fraction of sp³-hybridized carbons (Fsp3) is 0.212.